The Morgan fingerprint density at radius 1 is 1.35 bits per heavy atom. The van der Waals surface area contributed by atoms with Gasteiger partial charge in [-0.15, -0.1) is 0 Å². The molecule has 0 spiro atoms. The molecular formula is C13H18N4. The molecule has 0 aromatic carbocycles. The molecule has 2 heterocycles. The molecule has 4 heteroatoms. The van der Waals surface area contributed by atoms with Gasteiger partial charge in [0.05, 0.1) is 11.4 Å². The summed E-state index contributed by atoms with van der Waals surface area (Å²) in [6.07, 6.45) is 6.71. The number of nitrogens with one attached hydrogen (secondary N) is 1. The van der Waals surface area contributed by atoms with E-state index in [1.165, 1.54) is 11.1 Å². The van der Waals surface area contributed by atoms with Gasteiger partial charge in [0, 0.05) is 32.2 Å². The van der Waals surface area contributed by atoms with E-state index in [4.69, 9.17) is 0 Å². The molecule has 90 valence electrons. The summed E-state index contributed by atoms with van der Waals surface area (Å²) in [5.41, 5.74) is 4.59. The Morgan fingerprint density at radius 3 is 2.88 bits per heavy atom. The fourth-order valence-electron chi connectivity index (χ4n) is 1.85. The van der Waals surface area contributed by atoms with Crippen molar-refractivity contribution in [3.63, 3.8) is 0 Å². The maximum absolute atomic E-state index is 4.40. The first-order valence-corrected chi connectivity index (χ1v) is 5.86. The standard InChI is InChI=1S/C13H18N4/c1-4-12-13(9-17(3)16-12)15-8-11-5-10(2)6-14-7-11/h5-7,9,15H,4,8H2,1-3H3. The van der Waals surface area contributed by atoms with Gasteiger partial charge in [-0.1, -0.05) is 13.0 Å². The molecule has 0 unspecified atom stereocenters. The maximum atomic E-state index is 4.40. The van der Waals surface area contributed by atoms with Crippen LogP contribution in [0.15, 0.2) is 24.7 Å². The van der Waals surface area contributed by atoms with Gasteiger partial charge in [-0.3, -0.25) is 9.67 Å². The van der Waals surface area contributed by atoms with Crippen molar-refractivity contribution in [2.75, 3.05) is 5.32 Å². The van der Waals surface area contributed by atoms with Crippen LogP contribution in [0.2, 0.25) is 0 Å². The third-order valence-corrected chi connectivity index (χ3v) is 2.65. The van der Waals surface area contributed by atoms with E-state index >= 15 is 0 Å². The average Bonchev–Trinajstić information content (AvgIpc) is 2.67. The molecule has 0 saturated heterocycles. The van der Waals surface area contributed by atoms with Crippen LogP contribution in [0.5, 0.6) is 0 Å². The van der Waals surface area contributed by atoms with E-state index in [2.05, 4.69) is 35.3 Å². The summed E-state index contributed by atoms with van der Waals surface area (Å²) in [6, 6.07) is 2.14. The lowest BCUT2D eigenvalue weighted by Crippen LogP contribution is -2.01. The monoisotopic (exact) mass is 230 g/mol. The van der Waals surface area contributed by atoms with Crippen LogP contribution in [0, 0.1) is 6.92 Å². The number of aryl methyl sites for hydroxylation is 3. The lowest BCUT2D eigenvalue weighted by atomic mass is 10.2. The molecule has 1 N–H and O–H groups in total. The lowest BCUT2D eigenvalue weighted by Gasteiger charge is -2.05. The van der Waals surface area contributed by atoms with Crippen LogP contribution in [0.1, 0.15) is 23.7 Å². The van der Waals surface area contributed by atoms with Crippen LogP contribution >= 0.6 is 0 Å². The summed E-state index contributed by atoms with van der Waals surface area (Å²) in [5, 5.41) is 7.80. The van der Waals surface area contributed by atoms with Gasteiger partial charge in [0.25, 0.3) is 0 Å². The number of rotatable bonds is 4. The summed E-state index contributed by atoms with van der Waals surface area (Å²) in [4.78, 5) is 4.18. The predicted octanol–water partition coefficient (Wildman–Crippen LogP) is 2.30. The molecule has 0 aliphatic carbocycles. The zero-order valence-corrected chi connectivity index (χ0v) is 10.6. The van der Waals surface area contributed by atoms with Crippen LogP contribution in [0.4, 0.5) is 5.69 Å². The third-order valence-electron chi connectivity index (χ3n) is 2.65. The van der Waals surface area contributed by atoms with E-state index in [9.17, 15) is 0 Å². The molecular weight excluding hydrogens is 212 g/mol. The topological polar surface area (TPSA) is 42.7 Å². The maximum Gasteiger partial charge on any atom is 0.0853 e. The molecule has 0 aliphatic rings. The number of hydrogen-bond acceptors (Lipinski definition) is 3. The zero-order valence-electron chi connectivity index (χ0n) is 10.6. The summed E-state index contributed by atoms with van der Waals surface area (Å²) in [7, 11) is 1.94. The highest BCUT2D eigenvalue weighted by Crippen LogP contribution is 2.15. The van der Waals surface area contributed by atoms with Crippen molar-refractivity contribution in [3.8, 4) is 0 Å². The zero-order chi connectivity index (χ0) is 12.3. The number of nitrogens with zero attached hydrogens (tertiary/aromatic N) is 3. The molecule has 2 aromatic heterocycles. The number of hydrogen-bond donors (Lipinski definition) is 1. The molecule has 0 fully saturated rings. The number of anilines is 1. The van der Waals surface area contributed by atoms with Gasteiger partial charge in [0.15, 0.2) is 0 Å². The highest BCUT2D eigenvalue weighted by Gasteiger charge is 2.05. The Bertz CT molecular complexity index is 502. The minimum atomic E-state index is 0.785. The van der Waals surface area contributed by atoms with E-state index in [1.807, 2.05) is 30.3 Å². The Kier molecular flexibility index (Phi) is 3.42. The molecule has 0 saturated carbocycles. The van der Waals surface area contributed by atoms with Crippen molar-refractivity contribution in [1.29, 1.82) is 0 Å². The van der Waals surface area contributed by atoms with Crippen LogP contribution in [-0.2, 0) is 20.0 Å². The van der Waals surface area contributed by atoms with Crippen molar-refractivity contribution >= 4 is 5.69 Å². The molecule has 0 atom stereocenters. The molecule has 2 rings (SSSR count). The normalized spacial score (nSPS) is 10.5. The lowest BCUT2D eigenvalue weighted by molar-refractivity contribution is 0.746. The summed E-state index contributed by atoms with van der Waals surface area (Å²) in [5.74, 6) is 0. The molecule has 0 amide bonds. The van der Waals surface area contributed by atoms with Crippen molar-refractivity contribution in [1.82, 2.24) is 14.8 Å². The molecule has 0 radical (unpaired) electrons. The van der Waals surface area contributed by atoms with Gasteiger partial charge in [-0.05, 0) is 24.5 Å². The van der Waals surface area contributed by atoms with Crippen molar-refractivity contribution in [2.24, 2.45) is 7.05 Å². The minimum absolute atomic E-state index is 0.785. The van der Waals surface area contributed by atoms with Gasteiger partial charge in [0.2, 0.25) is 0 Å². The summed E-state index contributed by atoms with van der Waals surface area (Å²) >= 11 is 0. The second-order valence-electron chi connectivity index (χ2n) is 4.24. The Morgan fingerprint density at radius 2 is 2.18 bits per heavy atom. The van der Waals surface area contributed by atoms with Crippen molar-refractivity contribution in [2.45, 2.75) is 26.8 Å². The first-order valence-electron chi connectivity index (χ1n) is 5.86. The molecule has 0 bridgehead atoms. The fraction of sp³-hybridized carbons (Fsp3) is 0.385. The van der Waals surface area contributed by atoms with Crippen LogP contribution < -0.4 is 5.32 Å². The molecule has 17 heavy (non-hydrogen) atoms. The summed E-state index contributed by atoms with van der Waals surface area (Å²) in [6.45, 7) is 4.95. The third kappa shape index (κ3) is 2.84. The smallest absolute Gasteiger partial charge is 0.0853 e. The number of pyridine rings is 1. The van der Waals surface area contributed by atoms with Gasteiger partial charge in [-0.2, -0.15) is 5.10 Å². The van der Waals surface area contributed by atoms with Crippen LogP contribution in [-0.4, -0.2) is 14.8 Å². The quantitative estimate of drug-likeness (QED) is 0.876. The Labute approximate surface area is 102 Å². The number of aromatic nitrogens is 3. The SMILES string of the molecule is CCc1nn(C)cc1NCc1cncc(C)c1. The minimum Gasteiger partial charge on any atom is -0.378 e. The average molecular weight is 230 g/mol. The Balaban J connectivity index is 2.06. The second kappa shape index (κ2) is 4.99. The van der Waals surface area contributed by atoms with E-state index in [1.54, 1.807) is 0 Å². The van der Waals surface area contributed by atoms with Gasteiger partial charge in [-0.25, -0.2) is 0 Å². The van der Waals surface area contributed by atoms with E-state index in [-0.39, 0.29) is 0 Å². The van der Waals surface area contributed by atoms with E-state index < -0.39 is 0 Å². The van der Waals surface area contributed by atoms with Gasteiger partial charge < -0.3 is 5.32 Å². The first kappa shape index (κ1) is 11.6. The van der Waals surface area contributed by atoms with Gasteiger partial charge >= 0.3 is 0 Å². The highest BCUT2D eigenvalue weighted by molar-refractivity contribution is 5.46. The first-order chi connectivity index (χ1) is 8.19. The molecule has 2 aromatic rings. The summed E-state index contributed by atoms with van der Waals surface area (Å²) < 4.78 is 1.84. The van der Waals surface area contributed by atoms with Crippen molar-refractivity contribution < 1.29 is 0 Å². The van der Waals surface area contributed by atoms with E-state index in [0.29, 0.717) is 0 Å². The highest BCUT2D eigenvalue weighted by atomic mass is 15.3. The molecule has 4 nitrogen and oxygen atoms in total. The molecule has 0 aliphatic heterocycles. The largest absolute Gasteiger partial charge is 0.378 e. The van der Waals surface area contributed by atoms with Crippen molar-refractivity contribution in [3.05, 3.63) is 41.5 Å². The second-order valence-corrected chi connectivity index (χ2v) is 4.24. The van der Waals surface area contributed by atoms with E-state index in [0.717, 1.165) is 24.3 Å². The van der Waals surface area contributed by atoms with Gasteiger partial charge in [0.1, 0.15) is 0 Å². The van der Waals surface area contributed by atoms with Crippen LogP contribution in [0.3, 0.4) is 0 Å². The predicted molar refractivity (Wildman–Crippen MR) is 68.9 cm³/mol. The Hall–Kier alpha value is -1.84. The van der Waals surface area contributed by atoms with Crippen LogP contribution in [0.25, 0.3) is 0 Å². The fourth-order valence-corrected chi connectivity index (χ4v) is 1.85.